The summed E-state index contributed by atoms with van der Waals surface area (Å²) in [6.45, 7) is 1.98. The Morgan fingerprint density at radius 2 is 1.96 bits per heavy atom. The van der Waals surface area contributed by atoms with Gasteiger partial charge in [-0.15, -0.1) is 0 Å². The van der Waals surface area contributed by atoms with Crippen LogP contribution in [0.25, 0.3) is 6.08 Å². The van der Waals surface area contributed by atoms with Crippen LogP contribution in [0.5, 0.6) is 17.2 Å². The molecule has 0 aliphatic rings. The molecule has 1 heterocycles. The van der Waals surface area contributed by atoms with Gasteiger partial charge in [-0.1, -0.05) is 18.7 Å². The third-order valence-electron chi connectivity index (χ3n) is 3.26. The summed E-state index contributed by atoms with van der Waals surface area (Å²) in [7, 11) is 4.48. The number of nitriles is 1. The molecular formula is C17H18N4O4S2. The van der Waals surface area contributed by atoms with Crippen LogP contribution in [-0.4, -0.2) is 42.3 Å². The van der Waals surface area contributed by atoms with Crippen molar-refractivity contribution in [3.63, 3.8) is 0 Å². The SMILES string of the molecule is CCSc1nsc(NC(=O)C(C#N)=Cc2cc(OC)c(OC)c(OC)c2)n1. The Labute approximate surface area is 165 Å². The number of thioether (sulfide) groups is 1. The van der Waals surface area contributed by atoms with Crippen LogP contribution in [-0.2, 0) is 4.79 Å². The molecule has 1 aromatic carbocycles. The number of aromatic nitrogens is 2. The molecule has 0 bridgehead atoms. The summed E-state index contributed by atoms with van der Waals surface area (Å²) in [5.74, 6) is 1.52. The predicted octanol–water partition coefficient (Wildman–Crippen LogP) is 3.22. The van der Waals surface area contributed by atoms with Crippen molar-refractivity contribution in [2.75, 3.05) is 32.4 Å². The molecule has 0 aliphatic carbocycles. The minimum absolute atomic E-state index is 0.0934. The maximum atomic E-state index is 12.4. The van der Waals surface area contributed by atoms with Crippen molar-refractivity contribution >= 4 is 40.4 Å². The average molecular weight is 406 g/mol. The first-order chi connectivity index (χ1) is 13.1. The zero-order chi connectivity index (χ0) is 19.8. The first-order valence-corrected chi connectivity index (χ1v) is 9.51. The van der Waals surface area contributed by atoms with Gasteiger partial charge in [0.1, 0.15) is 11.6 Å². The fourth-order valence-electron chi connectivity index (χ4n) is 2.11. The molecule has 0 spiro atoms. The number of carbonyl (C=O) groups is 1. The predicted molar refractivity (Wildman–Crippen MR) is 105 cm³/mol. The van der Waals surface area contributed by atoms with Gasteiger partial charge in [0.15, 0.2) is 11.5 Å². The monoisotopic (exact) mass is 406 g/mol. The molecule has 10 heteroatoms. The number of ether oxygens (including phenoxy) is 3. The van der Waals surface area contributed by atoms with Crippen molar-refractivity contribution in [3.8, 4) is 23.3 Å². The quantitative estimate of drug-likeness (QED) is 0.405. The summed E-state index contributed by atoms with van der Waals surface area (Å²) < 4.78 is 19.9. The molecule has 0 saturated heterocycles. The molecule has 0 unspecified atom stereocenters. The van der Waals surface area contributed by atoms with Gasteiger partial charge >= 0.3 is 0 Å². The van der Waals surface area contributed by atoms with Crippen LogP contribution < -0.4 is 19.5 Å². The van der Waals surface area contributed by atoms with Crippen molar-refractivity contribution in [2.45, 2.75) is 12.1 Å². The molecule has 27 heavy (non-hydrogen) atoms. The number of methoxy groups -OCH3 is 3. The number of hydrogen-bond donors (Lipinski definition) is 1. The Hall–Kier alpha value is -2.77. The van der Waals surface area contributed by atoms with Crippen molar-refractivity contribution in [1.82, 2.24) is 9.36 Å². The van der Waals surface area contributed by atoms with E-state index in [0.717, 1.165) is 17.3 Å². The molecule has 2 aromatic rings. The van der Waals surface area contributed by atoms with E-state index in [2.05, 4.69) is 14.7 Å². The summed E-state index contributed by atoms with van der Waals surface area (Å²) in [6.07, 6.45) is 1.43. The Morgan fingerprint density at radius 1 is 1.30 bits per heavy atom. The Bertz CT molecular complexity index is 864. The largest absolute Gasteiger partial charge is 0.493 e. The Morgan fingerprint density at radius 3 is 2.48 bits per heavy atom. The summed E-state index contributed by atoms with van der Waals surface area (Å²) in [5, 5.41) is 12.9. The fraction of sp³-hybridized carbons (Fsp3) is 0.294. The summed E-state index contributed by atoms with van der Waals surface area (Å²) in [6, 6.07) is 5.18. The molecule has 0 atom stereocenters. The summed E-state index contributed by atoms with van der Waals surface area (Å²) in [4.78, 5) is 16.6. The van der Waals surface area contributed by atoms with E-state index in [1.165, 1.54) is 39.2 Å². The molecule has 142 valence electrons. The van der Waals surface area contributed by atoms with Crippen LogP contribution in [0.15, 0.2) is 22.9 Å². The van der Waals surface area contributed by atoms with Crippen molar-refractivity contribution in [1.29, 1.82) is 5.26 Å². The summed E-state index contributed by atoms with van der Waals surface area (Å²) in [5.41, 5.74) is 0.458. The van der Waals surface area contributed by atoms with E-state index in [9.17, 15) is 10.1 Å². The lowest BCUT2D eigenvalue weighted by atomic mass is 10.1. The number of benzene rings is 1. The second kappa shape index (κ2) is 9.80. The molecule has 2 rings (SSSR count). The molecule has 8 nitrogen and oxygen atoms in total. The summed E-state index contributed by atoms with van der Waals surface area (Å²) >= 11 is 2.53. The van der Waals surface area contributed by atoms with Crippen molar-refractivity contribution < 1.29 is 19.0 Å². The van der Waals surface area contributed by atoms with E-state index in [0.29, 0.717) is 33.1 Å². The minimum Gasteiger partial charge on any atom is -0.493 e. The van der Waals surface area contributed by atoms with Gasteiger partial charge in [0, 0.05) is 11.5 Å². The van der Waals surface area contributed by atoms with Crippen LogP contribution in [0, 0.1) is 11.3 Å². The van der Waals surface area contributed by atoms with Gasteiger partial charge in [0.05, 0.1) is 21.3 Å². The zero-order valence-electron chi connectivity index (χ0n) is 15.2. The maximum absolute atomic E-state index is 12.4. The topological polar surface area (TPSA) is 106 Å². The van der Waals surface area contributed by atoms with E-state index >= 15 is 0 Å². The highest BCUT2D eigenvalue weighted by atomic mass is 32.2. The number of anilines is 1. The Kier molecular flexibility index (Phi) is 7.45. The zero-order valence-corrected chi connectivity index (χ0v) is 16.9. The van der Waals surface area contributed by atoms with Crippen LogP contribution >= 0.6 is 23.3 Å². The number of nitrogens with one attached hydrogen (secondary N) is 1. The first-order valence-electron chi connectivity index (χ1n) is 7.75. The highest BCUT2D eigenvalue weighted by Gasteiger charge is 2.16. The maximum Gasteiger partial charge on any atom is 0.268 e. The van der Waals surface area contributed by atoms with E-state index in [-0.39, 0.29) is 5.57 Å². The lowest BCUT2D eigenvalue weighted by Gasteiger charge is -2.13. The average Bonchev–Trinajstić information content (AvgIpc) is 3.12. The highest BCUT2D eigenvalue weighted by Crippen LogP contribution is 2.38. The number of amides is 1. The second-order valence-electron chi connectivity index (χ2n) is 4.90. The number of hydrogen-bond acceptors (Lipinski definition) is 9. The van der Waals surface area contributed by atoms with Crippen LogP contribution in [0.1, 0.15) is 12.5 Å². The first kappa shape index (κ1) is 20.5. The van der Waals surface area contributed by atoms with Gasteiger partial charge in [-0.2, -0.15) is 14.6 Å². The molecule has 0 radical (unpaired) electrons. The van der Waals surface area contributed by atoms with E-state index < -0.39 is 5.91 Å². The molecule has 1 N–H and O–H groups in total. The number of carbonyl (C=O) groups excluding carboxylic acids is 1. The van der Waals surface area contributed by atoms with Crippen molar-refractivity contribution in [3.05, 3.63) is 23.3 Å². The smallest absolute Gasteiger partial charge is 0.268 e. The number of rotatable bonds is 8. The molecule has 1 aromatic heterocycles. The lowest BCUT2D eigenvalue weighted by Crippen LogP contribution is -2.13. The van der Waals surface area contributed by atoms with Crippen LogP contribution in [0.4, 0.5) is 5.13 Å². The van der Waals surface area contributed by atoms with E-state index in [1.807, 2.05) is 13.0 Å². The standard InChI is InChI=1S/C17H18N4O4S2/c1-5-26-17-20-16(27-21-17)19-15(22)11(9-18)6-10-7-12(23-2)14(25-4)13(8-10)24-3/h6-8H,5H2,1-4H3,(H,19,20,21,22). The van der Waals surface area contributed by atoms with E-state index in [1.54, 1.807) is 12.1 Å². The number of nitrogens with zero attached hydrogens (tertiary/aromatic N) is 3. The van der Waals surface area contributed by atoms with Crippen molar-refractivity contribution in [2.24, 2.45) is 0 Å². The fourth-order valence-corrected chi connectivity index (χ4v) is 3.38. The molecule has 0 fully saturated rings. The van der Waals surface area contributed by atoms with Gasteiger partial charge in [0.25, 0.3) is 5.91 Å². The molecular weight excluding hydrogens is 388 g/mol. The minimum atomic E-state index is -0.574. The van der Waals surface area contributed by atoms with Gasteiger partial charge in [-0.25, -0.2) is 0 Å². The van der Waals surface area contributed by atoms with E-state index in [4.69, 9.17) is 14.2 Å². The highest BCUT2D eigenvalue weighted by molar-refractivity contribution is 7.99. The van der Waals surface area contributed by atoms with Crippen LogP contribution in [0.3, 0.4) is 0 Å². The molecule has 1 amide bonds. The van der Waals surface area contributed by atoms with Gasteiger partial charge in [0.2, 0.25) is 16.0 Å². The van der Waals surface area contributed by atoms with Crippen LogP contribution in [0.2, 0.25) is 0 Å². The van der Waals surface area contributed by atoms with Gasteiger partial charge in [-0.05, 0) is 29.5 Å². The third-order valence-corrected chi connectivity index (χ3v) is 4.74. The van der Waals surface area contributed by atoms with Gasteiger partial charge < -0.3 is 14.2 Å². The Balaban J connectivity index is 2.28. The second-order valence-corrected chi connectivity index (χ2v) is 6.88. The molecule has 0 aliphatic heterocycles. The lowest BCUT2D eigenvalue weighted by molar-refractivity contribution is -0.112. The third kappa shape index (κ3) is 5.12. The molecule has 0 saturated carbocycles. The normalized spacial score (nSPS) is 10.9. The van der Waals surface area contributed by atoms with Gasteiger partial charge in [-0.3, -0.25) is 10.1 Å².